The molecule has 0 amide bonds. The summed E-state index contributed by atoms with van der Waals surface area (Å²) in [7, 11) is 0. The van der Waals surface area contributed by atoms with Gasteiger partial charge in [0.25, 0.3) is 5.69 Å². The first-order valence-electron chi connectivity index (χ1n) is 2.81. The Morgan fingerprint density at radius 1 is 1.42 bits per heavy atom. The summed E-state index contributed by atoms with van der Waals surface area (Å²) in [6, 6.07) is 1.21. The maximum atomic E-state index is 12.6. The third-order valence-corrected chi connectivity index (χ3v) is 1.96. The SMILES string of the molecule is O=[N+]([O-])c1cc(F)cc(F)c1Br. The van der Waals surface area contributed by atoms with Crippen molar-refractivity contribution in [2.45, 2.75) is 0 Å². The zero-order valence-electron chi connectivity index (χ0n) is 5.55. The van der Waals surface area contributed by atoms with Gasteiger partial charge in [0.05, 0.1) is 11.0 Å². The molecule has 0 bridgehead atoms. The lowest BCUT2D eigenvalue weighted by molar-refractivity contribution is -0.386. The van der Waals surface area contributed by atoms with Gasteiger partial charge in [-0.15, -0.1) is 0 Å². The van der Waals surface area contributed by atoms with Crippen LogP contribution < -0.4 is 0 Å². The Morgan fingerprint density at radius 3 is 2.50 bits per heavy atom. The summed E-state index contributed by atoms with van der Waals surface area (Å²) in [4.78, 5) is 9.30. The van der Waals surface area contributed by atoms with Gasteiger partial charge < -0.3 is 0 Å². The molecule has 0 aliphatic rings. The molecule has 1 rings (SSSR count). The van der Waals surface area contributed by atoms with Crippen LogP contribution >= 0.6 is 15.9 Å². The maximum absolute atomic E-state index is 12.6. The Morgan fingerprint density at radius 2 is 2.00 bits per heavy atom. The van der Waals surface area contributed by atoms with E-state index in [2.05, 4.69) is 15.9 Å². The summed E-state index contributed by atoms with van der Waals surface area (Å²) >= 11 is 2.63. The minimum Gasteiger partial charge on any atom is -0.258 e. The summed E-state index contributed by atoms with van der Waals surface area (Å²) in [5.74, 6) is -1.95. The molecular weight excluding hydrogens is 236 g/mol. The van der Waals surface area contributed by atoms with Crippen LogP contribution in [0.3, 0.4) is 0 Å². The minimum atomic E-state index is -0.985. The standard InChI is InChI=1S/C6H2BrF2NO2/c7-6-4(9)1-3(8)2-5(6)10(11)12/h1-2H. The van der Waals surface area contributed by atoms with Gasteiger partial charge in [-0.1, -0.05) is 0 Å². The second kappa shape index (κ2) is 3.14. The maximum Gasteiger partial charge on any atom is 0.289 e. The van der Waals surface area contributed by atoms with Crippen LogP contribution in [0.15, 0.2) is 16.6 Å². The van der Waals surface area contributed by atoms with Crippen LogP contribution in [-0.4, -0.2) is 4.92 Å². The third kappa shape index (κ3) is 1.58. The lowest BCUT2D eigenvalue weighted by atomic mass is 10.3. The van der Waals surface area contributed by atoms with Crippen LogP contribution in [0.4, 0.5) is 14.5 Å². The molecule has 12 heavy (non-hydrogen) atoms. The fourth-order valence-electron chi connectivity index (χ4n) is 0.675. The van der Waals surface area contributed by atoms with Gasteiger partial charge in [0.15, 0.2) is 0 Å². The Hall–Kier alpha value is -1.04. The Kier molecular flexibility index (Phi) is 2.37. The molecule has 6 heteroatoms. The first kappa shape index (κ1) is 9.05. The monoisotopic (exact) mass is 237 g/mol. The van der Waals surface area contributed by atoms with Crippen molar-refractivity contribution < 1.29 is 13.7 Å². The van der Waals surface area contributed by atoms with E-state index in [9.17, 15) is 18.9 Å². The fourth-order valence-corrected chi connectivity index (χ4v) is 1.05. The molecule has 64 valence electrons. The second-order valence-corrected chi connectivity index (χ2v) is 2.77. The molecule has 0 saturated carbocycles. The second-order valence-electron chi connectivity index (χ2n) is 1.98. The van der Waals surface area contributed by atoms with Crippen LogP contribution in [0.25, 0.3) is 0 Å². The van der Waals surface area contributed by atoms with Gasteiger partial charge in [0.1, 0.15) is 16.1 Å². The van der Waals surface area contributed by atoms with Crippen LogP contribution in [0.1, 0.15) is 0 Å². The van der Waals surface area contributed by atoms with Gasteiger partial charge >= 0.3 is 0 Å². The molecule has 0 aliphatic carbocycles. The summed E-state index contributed by atoms with van der Waals surface area (Å²) < 4.78 is 24.7. The molecule has 0 atom stereocenters. The van der Waals surface area contributed by atoms with E-state index < -0.39 is 22.2 Å². The van der Waals surface area contributed by atoms with Crippen molar-refractivity contribution in [3.8, 4) is 0 Å². The summed E-state index contributed by atoms with van der Waals surface area (Å²) in [6.45, 7) is 0. The Balaban J connectivity index is 3.37. The summed E-state index contributed by atoms with van der Waals surface area (Å²) in [5.41, 5.74) is -0.618. The largest absolute Gasteiger partial charge is 0.289 e. The van der Waals surface area contributed by atoms with E-state index in [1.807, 2.05) is 0 Å². The molecule has 1 aromatic carbocycles. The van der Waals surface area contributed by atoms with Gasteiger partial charge in [-0.25, -0.2) is 8.78 Å². The van der Waals surface area contributed by atoms with Gasteiger partial charge in [-0.05, 0) is 15.9 Å². The normalized spacial score (nSPS) is 9.92. The Labute approximate surface area is 74.3 Å². The smallest absolute Gasteiger partial charge is 0.258 e. The molecule has 0 fully saturated rings. The Bertz CT molecular complexity index is 343. The van der Waals surface area contributed by atoms with Crippen molar-refractivity contribution >= 4 is 21.6 Å². The molecule has 0 spiro atoms. The van der Waals surface area contributed by atoms with E-state index in [1.54, 1.807) is 0 Å². The van der Waals surface area contributed by atoms with Crippen molar-refractivity contribution in [3.05, 3.63) is 38.4 Å². The van der Waals surface area contributed by atoms with Crippen molar-refractivity contribution in [1.29, 1.82) is 0 Å². The zero-order chi connectivity index (χ0) is 9.30. The van der Waals surface area contributed by atoms with Crippen LogP contribution in [0, 0.1) is 21.7 Å². The van der Waals surface area contributed by atoms with E-state index in [1.165, 1.54) is 0 Å². The molecule has 0 aliphatic heterocycles. The van der Waals surface area contributed by atoms with Crippen molar-refractivity contribution in [2.24, 2.45) is 0 Å². The first-order valence-corrected chi connectivity index (χ1v) is 3.60. The van der Waals surface area contributed by atoms with E-state index in [4.69, 9.17) is 0 Å². The van der Waals surface area contributed by atoms with E-state index in [0.29, 0.717) is 12.1 Å². The molecule has 1 aromatic rings. The number of nitro groups is 1. The lowest BCUT2D eigenvalue weighted by Crippen LogP contribution is -1.93. The number of hydrogen-bond donors (Lipinski definition) is 0. The van der Waals surface area contributed by atoms with E-state index in [0.717, 1.165) is 0 Å². The highest BCUT2D eigenvalue weighted by atomic mass is 79.9. The van der Waals surface area contributed by atoms with Crippen LogP contribution in [-0.2, 0) is 0 Å². The van der Waals surface area contributed by atoms with Gasteiger partial charge in [0.2, 0.25) is 0 Å². The number of nitrogens with zero attached hydrogens (tertiary/aromatic N) is 1. The van der Waals surface area contributed by atoms with Crippen molar-refractivity contribution in [2.75, 3.05) is 0 Å². The predicted molar refractivity (Wildman–Crippen MR) is 40.7 cm³/mol. The number of halogens is 3. The van der Waals surface area contributed by atoms with Gasteiger partial charge in [-0.2, -0.15) is 0 Å². The van der Waals surface area contributed by atoms with Crippen molar-refractivity contribution in [3.63, 3.8) is 0 Å². The molecular formula is C6H2BrF2NO2. The zero-order valence-corrected chi connectivity index (χ0v) is 7.14. The average Bonchev–Trinajstić information content (AvgIpc) is 1.96. The van der Waals surface area contributed by atoms with Crippen molar-refractivity contribution in [1.82, 2.24) is 0 Å². The van der Waals surface area contributed by atoms with Crippen LogP contribution in [0.2, 0.25) is 0 Å². The number of nitro benzene ring substituents is 1. The number of benzene rings is 1. The summed E-state index contributed by atoms with van der Waals surface area (Å²) in [5, 5.41) is 10.2. The van der Waals surface area contributed by atoms with Gasteiger partial charge in [0, 0.05) is 6.07 Å². The predicted octanol–water partition coefficient (Wildman–Crippen LogP) is 2.64. The number of rotatable bonds is 1. The molecule has 0 heterocycles. The highest BCUT2D eigenvalue weighted by Gasteiger charge is 2.17. The first-order chi connectivity index (χ1) is 5.52. The molecule has 0 N–H and O–H groups in total. The van der Waals surface area contributed by atoms with Gasteiger partial charge in [-0.3, -0.25) is 10.1 Å². The fraction of sp³-hybridized carbons (Fsp3) is 0. The van der Waals surface area contributed by atoms with Crippen LogP contribution in [0.5, 0.6) is 0 Å². The topological polar surface area (TPSA) is 43.1 Å². The number of hydrogen-bond acceptors (Lipinski definition) is 2. The molecule has 0 aromatic heterocycles. The third-order valence-electron chi connectivity index (χ3n) is 1.17. The molecule has 0 radical (unpaired) electrons. The highest BCUT2D eigenvalue weighted by molar-refractivity contribution is 9.10. The van der Waals surface area contributed by atoms with E-state index in [-0.39, 0.29) is 4.47 Å². The average molecular weight is 238 g/mol. The molecule has 0 saturated heterocycles. The quantitative estimate of drug-likeness (QED) is 0.428. The molecule has 3 nitrogen and oxygen atoms in total. The summed E-state index contributed by atoms with van der Waals surface area (Å²) in [6.07, 6.45) is 0. The molecule has 0 unspecified atom stereocenters. The lowest BCUT2D eigenvalue weighted by Gasteiger charge is -1.96. The van der Waals surface area contributed by atoms with E-state index >= 15 is 0 Å². The minimum absolute atomic E-state index is 0.339. The highest BCUT2D eigenvalue weighted by Crippen LogP contribution is 2.28.